The van der Waals surface area contributed by atoms with Crippen molar-refractivity contribution in [2.75, 3.05) is 13.1 Å². The van der Waals surface area contributed by atoms with E-state index in [2.05, 4.69) is 4.90 Å². The molecule has 0 radical (unpaired) electrons. The molecule has 1 fully saturated rings. The maximum atomic E-state index is 13.5. The molecule has 0 spiro atoms. The second-order valence-electron chi connectivity index (χ2n) is 7.26. The maximum absolute atomic E-state index is 13.5. The first-order chi connectivity index (χ1) is 13.5. The number of hydrogen-bond donors (Lipinski definition) is 2. The first kappa shape index (κ1) is 17.1. The molecule has 6 nitrogen and oxygen atoms in total. The van der Waals surface area contributed by atoms with Crippen LogP contribution in [0.1, 0.15) is 18.4 Å². The molecule has 0 atom stereocenters. The number of alkyl halides is 1. The zero-order chi connectivity index (χ0) is 19.4. The summed E-state index contributed by atoms with van der Waals surface area (Å²) in [7, 11) is 0. The lowest BCUT2D eigenvalue weighted by Crippen LogP contribution is -2.33. The zero-order valence-corrected chi connectivity index (χ0v) is 14.9. The molecule has 0 saturated carbocycles. The Hall–Kier alpha value is -3.06. The Morgan fingerprint density at radius 2 is 1.82 bits per heavy atom. The van der Waals surface area contributed by atoms with Crippen LogP contribution in [0.2, 0.25) is 0 Å². The number of aromatic hydroxyl groups is 2. The second kappa shape index (κ2) is 6.24. The average Bonchev–Trinajstić information content (AvgIpc) is 3.06. The van der Waals surface area contributed by atoms with Crippen molar-refractivity contribution in [2.24, 2.45) is 0 Å². The minimum atomic E-state index is -0.787. The van der Waals surface area contributed by atoms with Gasteiger partial charge in [-0.3, -0.25) is 4.90 Å². The van der Waals surface area contributed by atoms with Crippen LogP contribution in [0.3, 0.4) is 0 Å². The van der Waals surface area contributed by atoms with Gasteiger partial charge in [0.2, 0.25) is 0 Å². The summed E-state index contributed by atoms with van der Waals surface area (Å²) in [5, 5.41) is 21.5. The molecule has 4 aromatic rings. The van der Waals surface area contributed by atoms with E-state index in [0.29, 0.717) is 60.0 Å². The SMILES string of the molecule is O=c1oc2cc(O)ccc2c2oc3ccc(O)c(CN4CCC(F)CC4)c3c12. The number of halogens is 1. The van der Waals surface area contributed by atoms with E-state index in [1.165, 1.54) is 18.2 Å². The standard InChI is InChI=1S/C21H18FNO5/c22-11-5-7-23(8-6-11)10-14-15(25)3-4-16-18(14)19-20(27-16)13-2-1-12(24)9-17(13)28-21(19)26/h1-4,9,11,24-25H,5-8,10H2. The number of fused-ring (bicyclic) bond motifs is 5. The molecule has 0 unspecified atom stereocenters. The van der Waals surface area contributed by atoms with Crippen molar-refractivity contribution in [2.45, 2.75) is 25.6 Å². The van der Waals surface area contributed by atoms with Gasteiger partial charge in [-0.1, -0.05) is 0 Å². The van der Waals surface area contributed by atoms with E-state index in [0.717, 1.165) is 0 Å². The van der Waals surface area contributed by atoms with E-state index in [4.69, 9.17) is 8.83 Å². The highest BCUT2D eigenvalue weighted by atomic mass is 19.1. The van der Waals surface area contributed by atoms with Gasteiger partial charge >= 0.3 is 5.63 Å². The fourth-order valence-corrected chi connectivity index (χ4v) is 4.01. The lowest BCUT2D eigenvalue weighted by atomic mass is 10.0. The smallest absolute Gasteiger partial charge is 0.348 e. The number of rotatable bonds is 2. The van der Waals surface area contributed by atoms with Gasteiger partial charge in [-0.2, -0.15) is 0 Å². The number of furan rings is 1. The van der Waals surface area contributed by atoms with E-state index in [9.17, 15) is 19.4 Å². The summed E-state index contributed by atoms with van der Waals surface area (Å²) >= 11 is 0. The van der Waals surface area contributed by atoms with Crippen LogP contribution in [0.25, 0.3) is 32.9 Å². The highest BCUT2D eigenvalue weighted by molar-refractivity contribution is 6.14. The number of likely N-dealkylation sites (tertiary alicyclic amines) is 1. The molecule has 2 aromatic carbocycles. The first-order valence-electron chi connectivity index (χ1n) is 9.20. The van der Waals surface area contributed by atoms with Crippen LogP contribution >= 0.6 is 0 Å². The summed E-state index contributed by atoms with van der Waals surface area (Å²) in [6.45, 7) is 1.56. The minimum absolute atomic E-state index is 0.0132. The lowest BCUT2D eigenvalue weighted by molar-refractivity contribution is 0.145. The average molecular weight is 383 g/mol. The van der Waals surface area contributed by atoms with Gasteiger partial charge in [-0.05, 0) is 37.1 Å². The molecule has 1 saturated heterocycles. The van der Waals surface area contributed by atoms with Crippen LogP contribution < -0.4 is 5.63 Å². The van der Waals surface area contributed by atoms with Gasteiger partial charge in [-0.15, -0.1) is 0 Å². The van der Waals surface area contributed by atoms with Gasteiger partial charge in [0, 0.05) is 36.7 Å². The Bertz CT molecular complexity index is 1270. The molecule has 5 rings (SSSR count). The molecular formula is C21H18FNO5. The minimum Gasteiger partial charge on any atom is -0.508 e. The van der Waals surface area contributed by atoms with Crippen molar-refractivity contribution in [3.8, 4) is 11.5 Å². The van der Waals surface area contributed by atoms with Crippen molar-refractivity contribution in [1.29, 1.82) is 0 Å². The van der Waals surface area contributed by atoms with Gasteiger partial charge < -0.3 is 19.0 Å². The summed E-state index contributed by atoms with van der Waals surface area (Å²) in [6, 6.07) is 7.65. The van der Waals surface area contributed by atoms with Crippen molar-refractivity contribution >= 4 is 32.9 Å². The van der Waals surface area contributed by atoms with Gasteiger partial charge in [0.05, 0.1) is 5.39 Å². The molecule has 2 N–H and O–H groups in total. The molecule has 0 amide bonds. The zero-order valence-electron chi connectivity index (χ0n) is 14.9. The fraction of sp³-hybridized carbons (Fsp3) is 0.286. The molecule has 0 bridgehead atoms. The number of phenols is 2. The van der Waals surface area contributed by atoms with Gasteiger partial charge in [-0.25, -0.2) is 9.18 Å². The molecule has 28 heavy (non-hydrogen) atoms. The quantitative estimate of drug-likeness (QED) is 0.508. The molecule has 3 heterocycles. The van der Waals surface area contributed by atoms with Crippen molar-refractivity contribution in [3.63, 3.8) is 0 Å². The first-order valence-corrected chi connectivity index (χ1v) is 9.20. The van der Waals surface area contributed by atoms with E-state index in [1.807, 2.05) is 0 Å². The fourth-order valence-electron chi connectivity index (χ4n) is 4.01. The van der Waals surface area contributed by atoms with Gasteiger partial charge in [0.1, 0.15) is 34.2 Å². The van der Waals surface area contributed by atoms with Crippen LogP contribution in [0.4, 0.5) is 4.39 Å². The Morgan fingerprint density at radius 3 is 2.61 bits per heavy atom. The van der Waals surface area contributed by atoms with Crippen LogP contribution in [-0.4, -0.2) is 34.4 Å². The van der Waals surface area contributed by atoms with Crippen LogP contribution in [0.15, 0.2) is 44.0 Å². The number of hydrogen-bond acceptors (Lipinski definition) is 6. The third-order valence-electron chi connectivity index (χ3n) is 5.45. The Labute approximate surface area is 158 Å². The molecule has 1 aliphatic heterocycles. The third kappa shape index (κ3) is 2.62. The monoisotopic (exact) mass is 383 g/mol. The van der Waals surface area contributed by atoms with Crippen molar-refractivity contribution < 1.29 is 23.4 Å². The third-order valence-corrected chi connectivity index (χ3v) is 5.45. The number of piperidine rings is 1. The summed E-state index contributed by atoms with van der Waals surface area (Å²) in [6.07, 6.45) is 0.128. The Balaban J connectivity index is 1.75. The van der Waals surface area contributed by atoms with Crippen molar-refractivity contribution in [1.82, 2.24) is 4.90 Å². The van der Waals surface area contributed by atoms with E-state index >= 15 is 0 Å². The second-order valence-corrected chi connectivity index (χ2v) is 7.26. The van der Waals surface area contributed by atoms with Gasteiger partial charge in [0.15, 0.2) is 5.58 Å². The summed E-state index contributed by atoms with van der Waals surface area (Å²) < 4.78 is 24.8. The molecule has 0 aliphatic carbocycles. The normalized spacial score (nSPS) is 16.5. The lowest BCUT2D eigenvalue weighted by Gasteiger charge is -2.28. The summed E-state index contributed by atoms with van der Waals surface area (Å²) in [5.74, 6) is 0.0449. The van der Waals surface area contributed by atoms with E-state index < -0.39 is 11.8 Å². The molecule has 144 valence electrons. The van der Waals surface area contributed by atoms with Crippen LogP contribution in [0, 0.1) is 0 Å². The molecule has 2 aromatic heterocycles. The number of phenolic OH excluding ortho intramolecular Hbond substituents is 2. The highest BCUT2D eigenvalue weighted by Crippen LogP contribution is 2.38. The van der Waals surface area contributed by atoms with E-state index in [-0.39, 0.29) is 22.5 Å². The highest BCUT2D eigenvalue weighted by Gasteiger charge is 2.24. The summed E-state index contributed by atoms with van der Waals surface area (Å²) in [4.78, 5) is 14.8. The van der Waals surface area contributed by atoms with E-state index in [1.54, 1.807) is 12.1 Å². The summed E-state index contributed by atoms with van der Waals surface area (Å²) in [5.41, 5.74) is 1.03. The molecular weight excluding hydrogens is 365 g/mol. The van der Waals surface area contributed by atoms with Crippen LogP contribution in [0.5, 0.6) is 11.5 Å². The predicted octanol–water partition coefficient (Wildman–Crippen LogP) is 4.04. The molecule has 7 heteroatoms. The molecule has 1 aliphatic rings. The number of benzene rings is 2. The topological polar surface area (TPSA) is 87.0 Å². The van der Waals surface area contributed by atoms with Crippen molar-refractivity contribution in [3.05, 3.63) is 46.3 Å². The van der Waals surface area contributed by atoms with Gasteiger partial charge in [0.25, 0.3) is 0 Å². The largest absolute Gasteiger partial charge is 0.508 e. The maximum Gasteiger partial charge on any atom is 0.348 e. The number of nitrogens with zero attached hydrogens (tertiary/aromatic N) is 1. The Morgan fingerprint density at radius 1 is 1.04 bits per heavy atom. The predicted molar refractivity (Wildman–Crippen MR) is 102 cm³/mol. The van der Waals surface area contributed by atoms with Crippen LogP contribution in [-0.2, 0) is 6.54 Å². The Kier molecular flexibility index (Phi) is 3.80.